The first-order valence-corrected chi connectivity index (χ1v) is 8.42. The van der Waals surface area contributed by atoms with Gasteiger partial charge in [0.25, 0.3) is 0 Å². The van der Waals surface area contributed by atoms with Gasteiger partial charge in [-0.1, -0.05) is 25.7 Å². The first-order chi connectivity index (χ1) is 10.1. The number of nitrogens with zero attached hydrogens (tertiary/aromatic N) is 2. The third kappa shape index (κ3) is 5.65. The molecule has 2 fully saturated rings. The summed E-state index contributed by atoms with van der Waals surface area (Å²) in [6.07, 6.45) is 7.98. The lowest BCUT2D eigenvalue weighted by Gasteiger charge is -2.34. The van der Waals surface area contributed by atoms with Crippen LogP contribution in [0.25, 0.3) is 0 Å². The molecule has 2 amide bonds. The Bertz CT molecular complexity index is 343. The molecule has 0 aromatic heterocycles. The summed E-state index contributed by atoms with van der Waals surface area (Å²) < 4.78 is 0. The number of piperazine rings is 1. The van der Waals surface area contributed by atoms with E-state index in [4.69, 9.17) is 0 Å². The molecular weight excluding hydrogens is 266 g/mol. The monoisotopic (exact) mass is 295 g/mol. The van der Waals surface area contributed by atoms with Gasteiger partial charge in [-0.3, -0.25) is 14.5 Å². The fraction of sp³-hybridized carbons (Fsp3) is 0.875. The van der Waals surface area contributed by atoms with Crippen molar-refractivity contribution in [3.63, 3.8) is 0 Å². The minimum Gasteiger partial charge on any atom is -0.353 e. The second kappa shape index (κ2) is 8.37. The third-order valence-corrected chi connectivity index (χ3v) is 4.69. The SMILES string of the molecule is CC(=O)N1CCN(CCC(=O)NC2CCCCCC2)CC1. The first-order valence-electron chi connectivity index (χ1n) is 8.42. The number of amides is 2. The first kappa shape index (κ1) is 16.3. The van der Waals surface area contributed by atoms with Crippen molar-refractivity contribution < 1.29 is 9.59 Å². The summed E-state index contributed by atoms with van der Waals surface area (Å²) in [5.74, 6) is 0.344. The molecule has 1 heterocycles. The topological polar surface area (TPSA) is 52.7 Å². The molecule has 0 unspecified atom stereocenters. The van der Waals surface area contributed by atoms with Crippen LogP contribution in [-0.4, -0.2) is 60.4 Å². The molecule has 0 aromatic rings. The van der Waals surface area contributed by atoms with Gasteiger partial charge >= 0.3 is 0 Å². The van der Waals surface area contributed by atoms with Crippen molar-refractivity contribution in [1.82, 2.24) is 15.1 Å². The van der Waals surface area contributed by atoms with Gasteiger partial charge in [-0.25, -0.2) is 0 Å². The molecule has 5 heteroatoms. The van der Waals surface area contributed by atoms with E-state index >= 15 is 0 Å². The van der Waals surface area contributed by atoms with Gasteiger partial charge in [-0.2, -0.15) is 0 Å². The highest BCUT2D eigenvalue weighted by Gasteiger charge is 2.20. The predicted octanol–water partition coefficient (Wildman–Crippen LogP) is 1.38. The van der Waals surface area contributed by atoms with Gasteiger partial charge < -0.3 is 10.2 Å². The van der Waals surface area contributed by atoms with Crippen LogP contribution in [0.2, 0.25) is 0 Å². The highest BCUT2D eigenvalue weighted by atomic mass is 16.2. The minimum absolute atomic E-state index is 0.153. The fourth-order valence-corrected chi connectivity index (χ4v) is 3.27. The molecule has 2 rings (SSSR count). The molecule has 21 heavy (non-hydrogen) atoms. The van der Waals surface area contributed by atoms with E-state index in [0.29, 0.717) is 12.5 Å². The Morgan fingerprint density at radius 1 is 1.00 bits per heavy atom. The molecule has 2 aliphatic rings. The van der Waals surface area contributed by atoms with E-state index in [0.717, 1.165) is 45.6 Å². The summed E-state index contributed by atoms with van der Waals surface area (Å²) in [6, 6.07) is 0.398. The molecule has 1 aliphatic carbocycles. The molecule has 0 bridgehead atoms. The Kier molecular flexibility index (Phi) is 6.49. The van der Waals surface area contributed by atoms with Crippen LogP contribution in [0.5, 0.6) is 0 Å². The van der Waals surface area contributed by atoms with Crippen molar-refractivity contribution in [3.8, 4) is 0 Å². The van der Waals surface area contributed by atoms with Crippen LogP contribution in [0.1, 0.15) is 51.9 Å². The Morgan fingerprint density at radius 3 is 2.19 bits per heavy atom. The van der Waals surface area contributed by atoms with Gasteiger partial charge in [0, 0.05) is 52.1 Å². The second-order valence-electron chi connectivity index (χ2n) is 6.35. The summed E-state index contributed by atoms with van der Waals surface area (Å²) in [5, 5.41) is 3.20. The number of hydrogen-bond donors (Lipinski definition) is 1. The van der Waals surface area contributed by atoms with E-state index in [1.165, 1.54) is 25.7 Å². The van der Waals surface area contributed by atoms with Gasteiger partial charge in [0.1, 0.15) is 0 Å². The van der Waals surface area contributed by atoms with Crippen LogP contribution in [0.3, 0.4) is 0 Å². The number of nitrogens with one attached hydrogen (secondary N) is 1. The normalized spacial score (nSPS) is 21.9. The summed E-state index contributed by atoms with van der Waals surface area (Å²) in [6.45, 7) is 5.78. The second-order valence-corrected chi connectivity index (χ2v) is 6.35. The third-order valence-electron chi connectivity index (χ3n) is 4.69. The van der Waals surface area contributed by atoms with Crippen molar-refractivity contribution in [2.75, 3.05) is 32.7 Å². The average molecular weight is 295 g/mol. The lowest BCUT2D eigenvalue weighted by atomic mass is 10.1. The van der Waals surface area contributed by atoms with Crippen LogP contribution in [-0.2, 0) is 9.59 Å². The van der Waals surface area contributed by atoms with E-state index < -0.39 is 0 Å². The smallest absolute Gasteiger partial charge is 0.221 e. The van der Waals surface area contributed by atoms with Gasteiger partial charge in [0.2, 0.25) is 11.8 Å². The van der Waals surface area contributed by atoms with Gasteiger partial charge in [0.05, 0.1) is 0 Å². The van der Waals surface area contributed by atoms with Crippen molar-refractivity contribution >= 4 is 11.8 Å². The molecule has 0 radical (unpaired) electrons. The quantitative estimate of drug-likeness (QED) is 0.797. The van der Waals surface area contributed by atoms with Crippen LogP contribution in [0.15, 0.2) is 0 Å². The predicted molar refractivity (Wildman–Crippen MR) is 82.9 cm³/mol. The molecule has 0 spiro atoms. The molecule has 0 aromatic carbocycles. The number of carbonyl (C=O) groups is 2. The molecule has 0 atom stereocenters. The Balaban J connectivity index is 1.61. The van der Waals surface area contributed by atoms with Crippen molar-refractivity contribution in [1.29, 1.82) is 0 Å². The summed E-state index contributed by atoms with van der Waals surface area (Å²) in [7, 11) is 0. The van der Waals surface area contributed by atoms with E-state index in [-0.39, 0.29) is 11.8 Å². The maximum atomic E-state index is 12.0. The lowest BCUT2D eigenvalue weighted by Crippen LogP contribution is -2.48. The van der Waals surface area contributed by atoms with Gasteiger partial charge in [0.15, 0.2) is 0 Å². The van der Waals surface area contributed by atoms with Gasteiger partial charge in [-0.15, -0.1) is 0 Å². The van der Waals surface area contributed by atoms with Gasteiger partial charge in [-0.05, 0) is 12.8 Å². The standard InChI is InChI=1S/C16H29N3O2/c1-14(20)19-12-10-18(11-13-19)9-8-16(21)17-15-6-4-2-3-5-7-15/h15H,2-13H2,1H3,(H,17,21). The van der Waals surface area contributed by atoms with Crippen LogP contribution in [0.4, 0.5) is 0 Å². The van der Waals surface area contributed by atoms with E-state index in [9.17, 15) is 9.59 Å². The summed E-state index contributed by atoms with van der Waals surface area (Å²) >= 11 is 0. The Hall–Kier alpha value is -1.10. The maximum absolute atomic E-state index is 12.0. The van der Waals surface area contributed by atoms with Crippen LogP contribution >= 0.6 is 0 Å². The molecule has 1 saturated carbocycles. The molecule has 1 saturated heterocycles. The Labute approximate surface area is 128 Å². The minimum atomic E-state index is 0.153. The maximum Gasteiger partial charge on any atom is 0.221 e. The molecule has 1 N–H and O–H groups in total. The number of rotatable bonds is 4. The molecule has 5 nitrogen and oxygen atoms in total. The van der Waals surface area contributed by atoms with Crippen molar-refractivity contribution in [2.24, 2.45) is 0 Å². The zero-order valence-electron chi connectivity index (χ0n) is 13.3. The van der Waals surface area contributed by atoms with Crippen LogP contribution < -0.4 is 5.32 Å². The number of carbonyl (C=O) groups excluding carboxylic acids is 2. The van der Waals surface area contributed by atoms with E-state index in [1.807, 2.05) is 4.90 Å². The molecule has 1 aliphatic heterocycles. The Morgan fingerprint density at radius 2 is 1.62 bits per heavy atom. The zero-order valence-corrected chi connectivity index (χ0v) is 13.3. The average Bonchev–Trinajstić information content (AvgIpc) is 2.74. The molecule has 120 valence electrons. The zero-order chi connectivity index (χ0) is 15.1. The van der Waals surface area contributed by atoms with E-state index in [2.05, 4.69) is 10.2 Å². The lowest BCUT2D eigenvalue weighted by molar-refractivity contribution is -0.131. The fourth-order valence-electron chi connectivity index (χ4n) is 3.27. The molecular formula is C16H29N3O2. The highest BCUT2D eigenvalue weighted by molar-refractivity contribution is 5.76. The van der Waals surface area contributed by atoms with E-state index in [1.54, 1.807) is 6.92 Å². The summed E-state index contributed by atoms with van der Waals surface area (Å²) in [4.78, 5) is 27.5. The number of hydrogen-bond acceptors (Lipinski definition) is 3. The van der Waals surface area contributed by atoms with Crippen molar-refractivity contribution in [2.45, 2.75) is 57.9 Å². The largest absolute Gasteiger partial charge is 0.353 e. The highest BCUT2D eigenvalue weighted by Crippen LogP contribution is 2.17. The summed E-state index contributed by atoms with van der Waals surface area (Å²) in [5.41, 5.74) is 0. The van der Waals surface area contributed by atoms with Crippen molar-refractivity contribution in [3.05, 3.63) is 0 Å². The van der Waals surface area contributed by atoms with Crippen LogP contribution in [0, 0.1) is 0 Å².